The first-order valence-corrected chi connectivity index (χ1v) is 18.9. The van der Waals surface area contributed by atoms with E-state index in [1.165, 1.54) is 38.1 Å². The molecule has 0 aliphatic carbocycles. The molecule has 0 bridgehead atoms. The molecule has 0 saturated carbocycles. The van der Waals surface area contributed by atoms with Crippen molar-refractivity contribution >= 4 is 84.3 Å². The first-order valence-electron chi connectivity index (χ1n) is 17.1. The normalized spacial score (nSPS) is 12.1. The van der Waals surface area contributed by atoms with Gasteiger partial charge in [-0.1, -0.05) is 52.4 Å². The Morgan fingerprint density at radius 2 is 1.35 bits per heavy atom. The van der Waals surface area contributed by atoms with Gasteiger partial charge >= 0.3 is 11.9 Å². The summed E-state index contributed by atoms with van der Waals surface area (Å²) in [6.07, 6.45) is 1.29. The molecule has 7 rings (SSSR count). The number of benzene rings is 5. The molecule has 0 aliphatic heterocycles. The molecule has 0 fully saturated rings. The van der Waals surface area contributed by atoms with E-state index in [1.807, 2.05) is 72.8 Å². The van der Waals surface area contributed by atoms with Gasteiger partial charge in [-0.2, -0.15) is 0 Å². The molecular weight excluding hydrogens is 724 g/mol. The molecule has 12 heteroatoms. The minimum absolute atomic E-state index is 0.233. The maximum absolute atomic E-state index is 13.7. The number of nitrogens with zero attached hydrogens (tertiary/aromatic N) is 4. The van der Waals surface area contributed by atoms with E-state index in [0.29, 0.717) is 29.0 Å². The molecule has 7 aromatic rings. The number of hydrogen-bond acceptors (Lipinski definition) is 10. The number of para-hydroxylation sites is 1. The first kappa shape index (κ1) is 36.4. The van der Waals surface area contributed by atoms with Crippen LogP contribution in [0.1, 0.15) is 60.7 Å². The van der Waals surface area contributed by atoms with Gasteiger partial charge in [0.05, 0.1) is 32.7 Å². The lowest BCUT2D eigenvalue weighted by Gasteiger charge is -2.10. The van der Waals surface area contributed by atoms with Gasteiger partial charge in [0.1, 0.15) is 5.82 Å². The fraction of sp³-hybridized carbons (Fsp3) is 0.143. The highest BCUT2D eigenvalue weighted by molar-refractivity contribution is 8.01. The van der Waals surface area contributed by atoms with E-state index < -0.39 is 17.8 Å². The predicted molar refractivity (Wildman–Crippen MR) is 212 cm³/mol. The standard InChI is InChI=1S/C42H33FN4O5S2/c1-25(45-51-26(2)48)28-12-18-33(19-13-28)47-38-20-14-30(23-34(38)35-24-31(15-21-39(35)47)41(50)29-10-16-32(43)17-11-29)36(46-52-27(3)49)8-6-22-53-42-44-37-7-4-5-9-40(37)54-42/h4-5,7,9-21,23-24H,6,8,22H2,1-3H3. The molecule has 0 radical (unpaired) electrons. The number of thioether (sulfide) groups is 1. The lowest BCUT2D eigenvalue weighted by Crippen LogP contribution is -2.05. The Morgan fingerprint density at radius 3 is 2.04 bits per heavy atom. The van der Waals surface area contributed by atoms with Crippen molar-refractivity contribution in [3.05, 3.63) is 137 Å². The van der Waals surface area contributed by atoms with Gasteiger partial charge in [-0.05, 0) is 104 Å². The fourth-order valence-corrected chi connectivity index (χ4v) is 8.18. The maximum Gasteiger partial charge on any atom is 0.331 e. The molecule has 54 heavy (non-hydrogen) atoms. The number of aromatic nitrogens is 2. The number of halogens is 1. The first-order chi connectivity index (χ1) is 26.1. The summed E-state index contributed by atoms with van der Waals surface area (Å²) in [5, 5.41) is 9.85. The van der Waals surface area contributed by atoms with Crippen LogP contribution in [0.15, 0.2) is 124 Å². The van der Waals surface area contributed by atoms with Crippen molar-refractivity contribution in [3.63, 3.8) is 0 Å². The van der Waals surface area contributed by atoms with Crippen LogP contribution in [0.3, 0.4) is 0 Å². The van der Waals surface area contributed by atoms with Crippen molar-refractivity contribution in [3.8, 4) is 5.69 Å². The zero-order valence-electron chi connectivity index (χ0n) is 29.5. The van der Waals surface area contributed by atoms with E-state index >= 15 is 0 Å². The third-order valence-corrected chi connectivity index (χ3v) is 10.9. The molecule has 2 heterocycles. The van der Waals surface area contributed by atoms with Crippen LogP contribution in [0.2, 0.25) is 0 Å². The van der Waals surface area contributed by atoms with E-state index in [-0.39, 0.29) is 5.78 Å². The lowest BCUT2D eigenvalue weighted by atomic mass is 9.99. The largest absolute Gasteiger partial charge is 0.331 e. The molecular formula is C42H33FN4O5S2. The van der Waals surface area contributed by atoms with E-state index in [1.54, 1.807) is 36.1 Å². The van der Waals surface area contributed by atoms with Gasteiger partial charge in [0.15, 0.2) is 10.1 Å². The smallest absolute Gasteiger partial charge is 0.318 e. The van der Waals surface area contributed by atoms with Gasteiger partial charge in [0.25, 0.3) is 0 Å². The third-order valence-electron chi connectivity index (χ3n) is 8.66. The van der Waals surface area contributed by atoms with E-state index in [2.05, 4.69) is 20.9 Å². The summed E-state index contributed by atoms with van der Waals surface area (Å²) in [5.41, 5.74) is 7.10. The monoisotopic (exact) mass is 756 g/mol. The van der Waals surface area contributed by atoms with Gasteiger partial charge in [0, 0.05) is 52.8 Å². The molecule has 0 saturated heterocycles. The minimum atomic E-state index is -0.519. The Kier molecular flexibility index (Phi) is 10.7. The molecule has 5 aromatic carbocycles. The van der Waals surface area contributed by atoms with Crippen LogP contribution in [0.25, 0.3) is 37.7 Å². The van der Waals surface area contributed by atoms with Crippen molar-refractivity contribution in [1.29, 1.82) is 0 Å². The SMILES string of the molecule is CC(=O)ON=C(C)c1ccc(-n2c3ccc(C(=O)c4ccc(F)cc4)cc3c3cc(C(CCCSc4nc5ccccc5s4)=NOC(C)=O)ccc32)cc1. The number of hydrogen-bond donors (Lipinski definition) is 0. The molecule has 0 spiro atoms. The van der Waals surface area contributed by atoms with E-state index in [4.69, 9.17) is 14.7 Å². The van der Waals surface area contributed by atoms with Crippen molar-refractivity contribution in [2.24, 2.45) is 10.3 Å². The second kappa shape index (κ2) is 15.9. The highest BCUT2D eigenvalue weighted by Crippen LogP contribution is 2.35. The van der Waals surface area contributed by atoms with Crippen LogP contribution >= 0.6 is 23.1 Å². The number of thiazole rings is 1. The number of ketones is 1. The summed E-state index contributed by atoms with van der Waals surface area (Å²) >= 11 is 3.34. The molecule has 0 unspecified atom stereocenters. The Labute approximate surface area is 318 Å². The van der Waals surface area contributed by atoms with Crippen molar-refractivity contribution < 1.29 is 28.4 Å². The Bertz CT molecular complexity index is 2580. The summed E-state index contributed by atoms with van der Waals surface area (Å²) in [5.74, 6) is -0.885. The van der Waals surface area contributed by atoms with Gasteiger partial charge in [-0.15, -0.1) is 11.3 Å². The lowest BCUT2D eigenvalue weighted by molar-refractivity contribution is -0.141. The number of oxime groups is 2. The van der Waals surface area contributed by atoms with Gasteiger partial charge in [-0.25, -0.2) is 19.0 Å². The number of fused-ring (bicyclic) bond motifs is 4. The molecule has 9 nitrogen and oxygen atoms in total. The summed E-state index contributed by atoms with van der Waals surface area (Å²) in [7, 11) is 0. The average Bonchev–Trinajstić information content (AvgIpc) is 3.74. The second-order valence-electron chi connectivity index (χ2n) is 12.5. The molecule has 0 N–H and O–H groups in total. The van der Waals surface area contributed by atoms with Gasteiger partial charge in [-0.3, -0.25) is 4.79 Å². The second-order valence-corrected chi connectivity index (χ2v) is 14.8. The zero-order chi connectivity index (χ0) is 37.8. The highest BCUT2D eigenvalue weighted by Gasteiger charge is 2.18. The number of carbonyl (C=O) groups is 3. The quantitative estimate of drug-likeness (QED) is 0.0305. The average molecular weight is 757 g/mol. The molecule has 0 amide bonds. The summed E-state index contributed by atoms with van der Waals surface area (Å²) in [6, 6.07) is 32.7. The van der Waals surface area contributed by atoms with Crippen LogP contribution in [0.4, 0.5) is 4.39 Å². The van der Waals surface area contributed by atoms with Crippen molar-refractivity contribution in [2.75, 3.05) is 5.75 Å². The van der Waals surface area contributed by atoms with Gasteiger partial charge < -0.3 is 14.2 Å². The van der Waals surface area contributed by atoms with Crippen molar-refractivity contribution in [1.82, 2.24) is 9.55 Å². The molecule has 0 atom stereocenters. The number of carbonyl (C=O) groups excluding carboxylic acids is 3. The van der Waals surface area contributed by atoms with Crippen LogP contribution < -0.4 is 0 Å². The Hall–Kier alpha value is -5.98. The topological polar surface area (TPSA) is 112 Å². The van der Waals surface area contributed by atoms with E-state index in [0.717, 1.165) is 65.4 Å². The predicted octanol–water partition coefficient (Wildman–Crippen LogP) is 9.89. The summed E-state index contributed by atoms with van der Waals surface area (Å²) in [6.45, 7) is 4.37. The Balaban J connectivity index is 1.26. The summed E-state index contributed by atoms with van der Waals surface area (Å²) < 4.78 is 17.9. The minimum Gasteiger partial charge on any atom is -0.318 e. The van der Waals surface area contributed by atoms with Gasteiger partial charge in [0.2, 0.25) is 0 Å². The molecule has 0 aliphatic rings. The Morgan fingerprint density at radius 1 is 0.741 bits per heavy atom. The fourth-order valence-electron chi connectivity index (χ4n) is 6.10. The highest BCUT2D eigenvalue weighted by atomic mass is 32.2. The zero-order valence-corrected chi connectivity index (χ0v) is 31.2. The van der Waals surface area contributed by atoms with Crippen LogP contribution in [0.5, 0.6) is 0 Å². The maximum atomic E-state index is 13.7. The van der Waals surface area contributed by atoms with Crippen LogP contribution in [-0.2, 0) is 19.3 Å². The van der Waals surface area contributed by atoms with Crippen molar-refractivity contribution in [2.45, 2.75) is 38.0 Å². The summed E-state index contributed by atoms with van der Waals surface area (Å²) in [4.78, 5) is 51.5. The van der Waals surface area contributed by atoms with Crippen LogP contribution in [0, 0.1) is 5.82 Å². The van der Waals surface area contributed by atoms with Crippen LogP contribution in [-0.4, -0.2) is 44.4 Å². The number of rotatable bonds is 12. The molecule has 270 valence electrons. The molecule has 2 aromatic heterocycles. The van der Waals surface area contributed by atoms with E-state index in [9.17, 15) is 18.8 Å². The third kappa shape index (κ3) is 7.99.